The zero-order chi connectivity index (χ0) is 11.4. The molecule has 0 fully saturated rings. The zero-order valence-electron chi connectivity index (χ0n) is 10.1. The van der Waals surface area contributed by atoms with Crippen molar-refractivity contribution in [2.24, 2.45) is 18.7 Å². The Hall–Kier alpha value is -0.870. The van der Waals surface area contributed by atoms with Gasteiger partial charge in [0.1, 0.15) is 0 Å². The molecular formula is C11H22N4. The van der Waals surface area contributed by atoms with Gasteiger partial charge in [0.25, 0.3) is 0 Å². The van der Waals surface area contributed by atoms with Crippen molar-refractivity contribution in [2.75, 3.05) is 6.54 Å². The number of nitrogens with one attached hydrogen (secondary N) is 1. The van der Waals surface area contributed by atoms with Crippen molar-refractivity contribution in [3.8, 4) is 0 Å². The summed E-state index contributed by atoms with van der Waals surface area (Å²) in [6, 6.07) is 0.379. The normalized spacial score (nSPS) is 13.5. The van der Waals surface area contributed by atoms with Crippen molar-refractivity contribution < 1.29 is 0 Å². The number of hydrogen-bond donors (Lipinski definition) is 2. The van der Waals surface area contributed by atoms with Crippen LogP contribution in [0.25, 0.3) is 0 Å². The SMILES string of the molecule is Cc1c(CNC(CN)C(C)C)cnn1C. The van der Waals surface area contributed by atoms with Crippen LogP contribution in [0.4, 0.5) is 0 Å². The average molecular weight is 210 g/mol. The standard InChI is InChI=1S/C11H22N4/c1-8(2)11(5-12)13-6-10-7-14-15(4)9(10)3/h7-8,11,13H,5-6,12H2,1-4H3. The Morgan fingerprint density at radius 1 is 1.53 bits per heavy atom. The maximum absolute atomic E-state index is 5.70. The average Bonchev–Trinajstić information content (AvgIpc) is 2.49. The van der Waals surface area contributed by atoms with Crippen LogP contribution in [0.5, 0.6) is 0 Å². The molecule has 1 unspecified atom stereocenters. The second-order valence-corrected chi connectivity index (χ2v) is 4.35. The number of nitrogens with zero attached hydrogens (tertiary/aromatic N) is 2. The fourth-order valence-corrected chi connectivity index (χ4v) is 1.55. The molecule has 0 saturated carbocycles. The summed E-state index contributed by atoms with van der Waals surface area (Å²) in [6.07, 6.45) is 1.91. The van der Waals surface area contributed by atoms with Crippen LogP contribution in [0, 0.1) is 12.8 Å². The van der Waals surface area contributed by atoms with Crippen molar-refractivity contribution in [1.29, 1.82) is 0 Å². The summed E-state index contributed by atoms with van der Waals surface area (Å²) in [6.45, 7) is 7.97. The Bertz CT molecular complexity index is 304. The lowest BCUT2D eigenvalue weighted by atomic mass is 10.0. The van der Waals surface area contributed by atoms with E-state index in [9.17, 15) is 0 Å². The Kier molecular flexibility index (Phi) is 4.29. The Morgan fingerprint density at radius 3 is 2.60 bits per heavy atom. The van der Waals surface area contributed by atoms with Gasteiger partial charge in [-0.25, -0.2) is 0 Å². The number of nitrogens with two attached hydrogens (primary N) is 1. The highest BCUT2D eigenvalue weighted by atomic mass is 15.3. The Labute approximate surface area is 91.8 Å². The minimum absolute atomic E-state index is 0.379. The largest absolute Gasteiger partial charge is 0.329 e. The second kappa shape index (κ2) is 5.28. The van der Waals surface area contributed by atoms with Gasteiger partial charge in [-0.05, 0) is 12.8 Å². The summed E-state index contributed by atoms with van der Waals surface area (Å²) in [5, 5.41) is 7.67. The van der Waals surface area contributed by atoms with Gasteiger partial charge >= 0.3 is 0 Å². The predicted octanol–water partition coefficient (Wildman–Crippen LogP) is 0.801. The van der Waals surface area contributed by atoms with Crippen LogP contribution in [0.1, 0.15) is 25.1 Å². The quantitative estimate of drug-likeness (QED) is 0.756. The van der Waals surface area contributed by atoms with Crippen molar-refractivity contribution in [1.82, 2.24) is 15.1 Å². The summed E-state index contributed by atoms with van der Waals surface area (Å²) in [5.41, 5.74) is 8.15. The van der Waals surface area contributed by atoms with E-state index < -0.39 is 0 Å². The van der Waals surface area contributed by atoms with E-state index in [0.29, 0.717) is 18.5 Å². The van der Waals surface area contributed by atoms with Crippen molar-refractivity contribution in [2.45, 2.75) is 33.4 Å². The van der Waals surface area contributed by atoms with Gasteiger partial charge in [-0.3, -0.25) is 4.68 Å². The lowest BCUT2D eigenvalue weighted by molar-refractivity contribution is 0.404. The molecule has 0 aliphatic heterocycles. The van der Waals surface area contributed by atoms with Gasteiger partial charge in [-0.15, -0.1) is 0 Å². The van der Waals surface area contributed by atoms with Gasteiger partial charge in [0.05, 0.1) is 6.20 Å². The van der Waals surface area contributed by atoms with E-state index in [2.05, 4.69) is 31.2 Å². The molecule has 1 rings (SSSR count). The van der Waals surface area contributed by atoms with E-state index in [1.807, 2.05) is 17.9 Å². The molecule has 0 amide bonds. The molecule has 0 saturated heterocycles. The molecule has 4 nitrogen and oxygen atoms in total. The first-order chi connectivity index (χ1) is 7.06. The predicted molar refractivity (Wildman–Crippen MR) is 62.5 cm³/mol. The maximum Gasteiger partial charge on any atom is 0.0537 e. The van der Waals surface area contributed by atoms with E-state index in [-0.39, 0.29) is 0 Å². The molecule has 4 heteroatoms. The van der Waals surface area contributed by atoms with Crippen LogP contribution in [0.15, 0.2) is 6.20 Å². The number of aromatic nitrogens is 2. The van der Waals surface area contributed by atoms with Crippen molar-refractivity contribution >= 4 is 0 Å². The molecule has 0 aliphatic carbocycles. The molecule has 0 radical (unpaired) electrons. The second-order valence-electron chi connectivity index (χ2n) is 4.35. The third-order valence-corrected chi connectivity index (χ3v) is 2.95. The number of hydrogen-bond acceptors (Lipinski definition) is 3. The van der Waals surface area contributed by atoms with Gasteiger partial charge < -0.3 is 11.1 Å². The third-order valence-electron chi connectivity index (χ3n) is 2.95. The van der Waals surface area contributed by atoms with Crippen LogP contribution in [-0.4, -0.2) is 22.4 Å². The molecular weight excluding hydrogens is 188 g/mol. The highest BCUT2D eigenvalue weighted by molar-refractivity contribution is 5.15. The minimum atomic E-state index is 0.379. The maximum atomic E-state index is 5.70. The molecule has 0 aliphatic rings. The highest BCUT2D eigenvalue weighted by Gasteiger charge is 2.11. The van der Waals surface area contributed by atoms with E-state index in [4.69, 9.17) is 5.73 Å². The molecule has 0 spiro atoms. The molecule has 1 aromatic heterocycles. The zero-order valence-corrected chi connectivity index (χ0v) is 10.1. The summed E-state index contributed by atoms with van der Waals surface area (Å²) < 4.78 is 1.89. The summed E-state index contributed by atoms with van der Waals surface area (Å²) in [7, 11) is 1.96. The van der Waals surface area contributed by atoms with Gasteiger partial charge in [0, 0.05) is 37.4 Å². The van der Waals surface area contributed by atoms with Gasteiger partial charge in [-0.2, -0.15) is 5.10 Å². The summed E-state index contributed by atoms with van der Waals surface area (Å²) in [4.78, 5) is 0. The minimum Gasteiger partial charge on any atom is -0.329 e. The van der Waals surface area contributed by atoms with E-state index in [1.54, 1.807) is 0 Å². The first-order valence-electron chi connectivity index (χ1n) is 5.47. The fraction of sp³-hybridized carbons (Fsp3) is 0.727. The summed E-state index contributed by atoms with van der Waals surface area (Å²) in [5.74, 6) is 0.562. The van der Waals surface area contributed by atoms with Crippen LogP contribution in [-0.2, 0) is 13.6 Å². The smallest absolute Gasteiger partial charge is 0.0537 e. The molecule has 1 heterocycles. The van der Waals surface area contributed by atoms with Crippen LogP contribution in [0.3, 0.4) is 0 Å². The lowest BCUT2D eigenvalue weighted by Gasteiger charge is -2.20. The monoisotopic (exact) mass is 210 g/mol. The lowest BCUT2D eigenvalue weighted by Crippen LogP contribution is -2.39. The van der Waals surface area contributed by atoms with Gasteiger partial charge in [-0.1, -0.05) is 13.8 Å². The fourth-order valence-electron chi connectivity index (χ4n) is 1.55. The molecule has 1 aromatic rings. The Morgan fingerprint density at radius 2 is 2.20 bits per heavy atom. The van der Waals surface area contributed by atoms with Crippen molar-refractivity contribution in [3.05, 3.63) is 17.5 Å². The van der Waals surface area contributed by atoms with Crippen LogP contribution in [0.2, 0.25) is 0 Å². The third kappa shape index (κ3) is 3.04. The van der Waals surface area contributed by atoms with E-state index >= 15 is 0 Å². The molecule has 3 N–H and O–H groups in total. The molecule has 86 valence electrons. The summed E-state index contributed by atoms with van der Waals surface area (Å²) >= 11 is 0. The number of aryl methyl sites for hydroxylation is 1. The Balaban J connectivity index is 2.53. The van der Waals surface area contributed by atoms with Crippen LogP contribution >= 0.6 is 0 Å². The van der Waals surface area contributed by atoms with Gasteiger partial charge in [0.15, 0.2) is 0 Å². The first-order valence-corrected chi connectivity index (χ1v) is 5.47. The first kappa shape index (κ1) is 12.2. The highest BCUT2D eigenvalue weighted by Crippen LogP contribution is 2.07. The molecule has 15 heavy (non-hydrogen) atoms. The number of rotatable bonds is 5. The van der Waals surface area contributed by atoms with E-state index in [0.717, 1.165) is 6.54 Å². The topological polar surface area (TPSA) is 55.9 Å². The van der Waals surface area contributed by atoms with Crippen LogP contribution < -0.4 is 11.1 Å². The molecule has 1 atom stereocenters. The molecule has 0 aromatic carbocycles. The van der Waals surface area contributed by atoms with Crippen molar-refractivity contribution in [3.63, 3.8) is 0 Å². The molecule has 0 bridgehead atoms. The van der Waals surface area contributed by atoms with E-state index in [1.165, 1.54) is 11.3 Å². The van der Waals surface area contributed by atoms with Gasteiger partial charge in [0.2, 0.25) is 0 Å².